The van der Waals surface area contributed by atoms with Gasteiger partial charge in [-0.2, -0.15) is 0 Å². The first-order valence-corrected chi connectivity index (χ1v) is 5.17. The largest absolute Gasteiger partial charge is 0.369 e. The second-order valence-electron chi connectivity index (χ2n) is 3.08. The van der Waals surface area contributed by atoms with Gasteiger partial charge in [0.25, 0.3) is 0 Å². The van der Waals surface area contributed by atoms with E-state index < -0.39 is 0 Å². The van der Waals surface area contributed by atoms with E-state index in [4.69, 9.17) is 4.74 Å². The molecule has 68 valence electrons. The van der Waals surface area contributed by atoms with Gasteiger partial charge in [0.15, 0.2) is 0 Å². The third-order valence-corrected chi connectivity index (χ3v) is 2.68. The van der Waals surface area contributed by atoms with Gasteiger partial charge in [-0.15, -0.1) is 0 Å². The first kappa shape index (κ1) is 8.97. The molecule has 0 saturated carbocycles. The zero-order chi connectivity index (χ0) is 9.10. The molecule has 1 aromatic rings. The van der Waals surface area contributed by atoms with Crippen LogP contribution in [0.1, 0.15) is 18.1 Å². The van der Waals surface area contributed by atoms with Crippen LogP contribution in [0.15, 0.2) is 40.9 Å². The van der Waals surface area contributed by atoms with Crippen LogP contribution >= 0.6 is 15.9 Å². The molecule has 1 aromatic carbocycles. The molecule has 0 bridgehead atoms. The van der Waals surface area contributed by atoms with Crippen LogP contribution in [0.25, 0.3) is 0 Å². The smallest absolute Gasteiger partial charge is 0.0863 e. The first-order valence-electron chi connectivity index (χ1n) is 4.38. The van der Waals surface area contributed by atoms with E-state index in [0.29, 0.717) is 0 Å². The fraction of sp³-hybridized carbons (Fsp3) is 0.273. The van der Waals surface area contributed by atoms with Crippen LogP contribution in [0.3, 0.4) is 0 Å². The van der Waals surface area contributed by atoms with E-state index in [0.717, 1.165) is 17.5 Å². The molecule has 0 aliphatic carbocycles. The summed E-state index contributed by atoms with van der Waals surface area (Å²) in [5.41, 5.74) is 1.26. The monoisotopic (exact) mass is 238 g/mol. The Labute approximate surface area is 86.5 Å². The molecule has 0 spiro atoms. The quantitative estimate of drug-likeness (QED) is 0.682. The Balaban J connectivity index is 2.15. The van der Waals surface area contributed by atoms with Gasteiger partial charge in [0.1, 0.15) is 0 Å². The molecule has 0 radical (unpaired) electrons. The molecule has 2 heteroatoms. The third-order valence-electron chi connectivity index (χ3n) is 2.15. The van der Waals surface area contributed by atoms with Crippen LogP contribution < -0.4 is 0 Å². The second kappa shape index (κ2) is 4.07. The third kappa shape index (κ3) is 2.20. The van der Waals surface area contributed by atoms with Crippen molar-refractivity contribution in [3.05, 3.63) is 46.5 Å². The summed E-state index contributed by atoms with van der Waals surface area (Å²) in [6.07, 6.45) is 5.48. The summed E-state index contributed by atoms with van der Waals surface area (Å²) in [4.78, 5) is 0. The molecule has 1 aliphatic rings. The molecule has 1 nitrogen and oxygen atoms in total. The van der Waals surface area contributed by atoms with Crippen LogP contribution in [-0.2, 0) is 4.74 Å². The molecule has 0 aromatic heterocycles. The fourth-order valence-corrected chi connectivity index (χ4v) is 1.70. The van der Waals surface area contributed by atoms with Crippen molar-refractivity contribution in [2.75, 3.05) is 6.61 Å². The molecule has 1 aliphatic heterocycles. The number of hydrogen-bond donors (Lipinski definition) is 0. The van der Waals surface area contributed by atoms with Crippen molar-refractivity contribution in [3.63, 3.8) is 0 Å². The standard InChI is InChI=1S/C11H11BrO/c12-10-6-4-9(5-7-10)11-3-1-2-8-13-11/h1-2,4-7,11H,3,8H2/t11-/m0/s1. The maximum absolute atomic E-state index is 5.60. The molecule has 0 N–H and O–H groups in total. The highest BCUT2D eigenvalue weighted by Crippen LogP contribution is 2.25. The normalized spacial score (nSPS) is 21.8. The van der Waals surface area contributed by atoms with Crippen molar-refractivity contribution < 1.29 is 4.74 Å². The molecule has 0 amide bonds. The van der Waals surface area contributed by atoms with E-state index in [9.17, 15) is 0 Å². The van der Waals surface area contributed by atoms with E-state index >= 15 is 0 Å². The molecule has 13 heavy (non-hydrogen) atoms. The Morgan fingerprint density at radius 1 is 1.15 bits per heavy atom. The predicted molar refractivity (Wildman–Crippen MR) is 56.6 cm³/mol. The van der Waals surface area contributed by atoms with E-state index in [1.807, 2.05) is 0 Å². The summed E-state index contributed by atoms with van der Waals surface area (Å²) in [5.74, 6) is 0. The minimum absolute atomic E-state index is 0.248. The van der Waals surface area contributed by atoms with Gasteiger partial charge in [-0.25, -0.2) is 0 Å². The zero-order valence-corrected chi connectivity index (χ0v) is 8.83. The van der Waals surface area contributed by atoms with E-state index in [2.05, 4.69) is 52.3 Å². The zero-order valence-electron chi connectivity index (χ0n) is 7.24. The Hall–Kier alpha value is -0.600. The fourth-order valence-electron chi connectivity index (χ4n) is 1.44. The number of ether oxygens (including phenoxy) is 1. The highest BCUT2D eigenvalue weighted by Gasteiger charge is 2.11. The van der Waals surface area contributed by atoms with Crippen molar-refractivity contribution in [1.82, 2.24) is 0 Å². The summed E-state index contributed by atoms with van der Waals surface area (Å²) in [7, 11) is 0. The molecular weight excluding hydrogens is 228 g/mol. The van der Waals surface area contributed by atoms with Gasteiger partial charge >= 0.3 is 0 Å². The summed E-state index contributed by atoms with van der Waals surface area (Å²) in [5, 5.41) is 0. The van der Waals surface area contributed by atoms with Gasteiger partial charge in [-0.05, 0) is 24.1 Å². The SMILES string of the molecule is Brc1ccc([C@@H]2CC=CCO2)cc1. The molecule has 1 heterocycles. The average molecular weight is 239 g/mol. The number of halogens is 1. The molecule has 0 saturated heterocycles. The number of benzene rings is 1. The summed E-state index contributed by atoms with van der Waals surface area (Å²) in [6, 6.07) is 8.32. The topological polar surface area (TPSA) is 9.23 Å². The maximum atomic E-state index is 5.60. The minimum Gasteiger partial charge on any atom is -0.369 e. The lowest BCUT2D eigenvalue weighted by Gasteiger charge is -2.18. The minimum atomic E-state index is 0.248. The summed E-state index contributed by atoms with van der Waals surface area (Å²) >= 11 is 3.41. The van der Waals surface area contributed by atoms with Crippen molar-refractivity contribution in [1.29, 1.82) is 0 Å². The van der Waals surface area contributed by atoms with Gasteiger partial charge in [-0.3, -0.25) is 0 Å². The van der Waals surface area contributed by atoms with Crippen molar-refractivity contribution in [2.45, 2.75) is 12.5 Å². The van der Waals surface area contributed by atoms with Crippen molar-refractivity contribution >= 4 is 15.9 Å². The summed E-state index contributed by atoms with van der Waals surface area (Å²) < 4.78 is 6.72. The van der Waals surface area contributed by atoms with Gasteiger partial charge in [0.05, 0.1) is 12.7 Å². The van der Waals surface area contributed by atoms with E-state index in [-0.39, 0.29) is 6.10 Å². The summed E-state index contributed by atoms with van der Waals surface area (Å²) in [6.45, 7) is 0.737. The van der Waals surface area contributed by atoms with Crippen LogP contribution in [0.4, 0.5) is 0 Å². The lowest BCUT2D eigenvalue weighted by molar-refractivity contribution is 0.0677. The Bertz CT molecular complexity index is 302. The van der Waals surface area contributed by atoms with Gasteiger partial charge in [0.2, 0.25) is 0 Å². The van der Waals surface area contributed by atoms with Crippen LogP contribution in [0.5, 0.6) is 0 Å². The van der Waals surface area contributed by atoms with Gasteiger partial charge in [-0.1, -0.05) is 40.2 Å². The van der Waals surface area contributed by atoms with E-state index in [1.54, 1.807) is 0 Å². The Morgan fingerprint density at radius 2 is 1.92 bits per heavy atom. The number of rotatable bonds is 1. The molecule has 0 unspecified atom stereocenters. The molecule has 1 atom stereocenters. The predicted octanol–water partition coefficient (Wildman–Crippen LogP) is 3.47. The highest BCUT2D eigenvalue weighted by atomic mass is 79.9. The Morgan fingerprint density at radius 3 is 2.54 bits per heavy atom. The van der Waals surface area contributed by atoms with Crippen molar-refractivity contribution in [3.8, 4) is 0 Å². The van der Waals surface area contributed by atoms with Crippen molar-refractivity contribution in [2.24, 2.45) is 0 Å². The van der Waals surface area contributed by atoms with E-state index in [1.165, 1.54) is 5.56 Å². The molecular formula is C11H11BrO. The average Bonchev–Trinajstić information content (AvgIpc) is 2.20. The second-order valence-corrected chi connectivity index (χ2v) is 4.00. The van der Waals surface area contributed by atoms with Gasteiger partial charge in [0, 0.05) is 4.47 Å². The van der Waals surface area contributed by atoms with Crippen LogP contribution in [-0.4, -0.2) is 6.61 Å². The van der Waals surface area contributed by atoms with Crippen LogP contribution in [0.2, 0.25) is 0 Å². The van der Waals surface area contributed by atoms with Crippen LogP contribution in [0, 0.1) is 0 Å². The molecule has 2 rings (SSSR count). The number of hydrogen-bond acceptors (Lipinski definition) is 1. The lowest BCUT2D eigenvalue weighted by Crippen LogP contribution is -2.07. The highest BCUT2D eigenvalue weighted by molar-refractivity contribution is 9.10. The Kier molecular flexibility index (Phi) is 2.81. The first-order chi connectivity index (χ1) is 6.36. The lowest BCUT2D eigenvalue weighted by atomic mass is 10.1. The van der Waals surface area contributed by atoms with Gasteiger partial charge < -0.3 is 4.74 Å². The molecule has 0 fully saturated rings. The maximum Gasteiger partial charge on any atom is 0.0863 e.